The number of halogens is 2. The molecule has 8 heteroatoms. The van der Waals surface area contributed by atoms with Gasteiger partial charge in [-0.05, 0) is 48.4 Å². The van der Waals surface area contributed by atoms with Crippen molar-refractivity contribution >= 4 is 50.9 Å². The van der Waals surface area contributed by atoms with Gasteiger partial charge in [-0.1, -0.05) is 51.4 Å². The van der Waals surface area contributed by atoms with Gasteiger partial charge in [0.05, 0.1) is 12.1 Å². The number of benzene rings is 2. The first kappa shape index (κ1) is 20.6. The highest BCUT2D eigenvalue weighted by molar-refractivity contribution is 9.10. The van der Waals surface area contributed by atoms with Crippen molar-refractivity contribution in [3.63, 3.8) is 0 Å². The van der Waals surface area contributed by atoms with Crippen molar-refractivity contribution in [2.45, 2.75) is 24.3 Å². The molecule has 28 heavy (non-hydrogen) atoms. The number of rotatable bonds is 6. The number of aromatic nitrogens is 2. The van der Waals surface area contributed by atoms with Crippen LogP contribution in [0.5, 0.6) is 0 Å². The third-order valence-corrected chi connectivity index (χ3v) is 5.51. The average Bonchev–Trinajstić information content (AvgIpc) is 2.62. The summed E-state index contributed by atoms with van der Waals surface area (Å²) in [6, 6.07) is 14.5. The maximum atomic E-state index is 12.4. The van der Waals surface area contributed by atoms with E-state index in [9.17, 15) is 9.59 Å². The van der Waals surface area contributed by atoms with Crippen LogP contribution in [0.3, 0.4) is 0 Å². The van der Waals surface area contributed by atoms with E-state index in [1.165, 1.54) is 17.8 Å². The Hall–Kier alpha value is -2.09. The lowest BCUT2D eigenvalue weighted by Crippen LogP contribution is -2.18. The topological polar surface area (TPSA) is 74.8 Å². The third-order valence-electron chi connectivity index (χ3n) is 3.84. The predicted molar refractivity (Wildman–Crippen MR) is 117 cm³/mol. The molecule has 0 saturated heterocycles. The zero-order chi connectivity index (χ0) is 20.1. The van der Waals surface area contributed by atoms with E-state index in [1.54, 1.807) is 0 Å². The number of carbonyl (C=O) groups excluding carboxylic acids is 1. The average molecular weight is 479 g/mol. The first-order valence-electron chi connectivity index (χ1n) is 8.42. The lowest BCUT2D eigenvalue weighted by atomic mass is 10.2. The first-order valence-corrected chi connectivity index (χ1v) is 10.6. The predicted octanol–water partition coefficient (Wildman–Crippen LogP) is 4.97. The van der Waals surface area contributed by atoms with Crippen LogP contribution in [0.1, 0.15) is 16.8 Å². The minimum Gasteiger partial charge on any atom is -0.326 e. The SMILES string of the molecule is Cc1cc(Br)ccc1NC(=O)Cc1cc(=O)[nH]c(SCc2cccc(Cl)c2)n1. The number of hydrogen-bond donors (Lipinski definition) is 2. The molecule has 0 fully saturated rings. The van der Waals surface area contributed by atoms with E-state index in [0.29, 0.717) is 21.6 Å². The second-order valence-corrected chi connectivity index (χ2v) is 8.46. The number of amides is 1. The fraction of sp³-hybridized carbons (Fsp3) is 0.150. The number of nitrogens with one attached hydrogen (secondary N) is 2. The van der Waals surface area contributed by atoms with Crippen molar-refractivity contribution in [2.24, 2.45) is 0 Å². The summed E-state index contributed by atoms with van der Waals surface area (Å²) in [6.45, 7) is 1.91. The molecule has 0 spiro atoms. The van der Waals surface area contributed by atoms with Crippen LogP contribution in [-0.4, -0.2) is 15.9 Å². The zero-order valence-corrected chi connectivity index (χ0v) is 18.1. The van der Waals surface area contributed by atoms with Crippen LogP contribution in [0.15, 0.2) is 63.0 Å². The molecule has 1 aromatic heterocycles. The highest BCUT2D eigenvalue weighted by atomic mass is 79.9. The normalized spacial score (nSPS) is 10.7. The zero-order valence-electron chi connectivity index (χ0n) is 15.0. The van der Waals surface area contributed by atoms with Crippen LogP contribution in [-0.2, 0) is 17.0 Å². The smallest absolute Gasteiger partial charge is 0.251 e. The summed E-state index contributed by atoms with van der Waals surface area (Å²) in [5.74, 6) is 0.381. The van der Waals surface area contributed by atoms with Crippen LogP contribution < -0.4 is 10.9 Å². The molecule has 2 N–H and O–H groups in total. The number of carbonyl (C=O) groups is 1. The quantitative estimate of drug-likeness (QED) is 0.387. The van der Waals surface area contributed by atoms with E-state index in [2.05, 4.69) is 31.2 Å². The van der Waals surface area contributed by atoms with Crippen molar-refractivity contribution in [3.8, 4) is 0 Å². The number of anilines is 1. The number of thioether (sulfide) groups is 1. The van der Waals surface area contributed by atoms with E-state index in [-0.39, 0.29) is 17.9 Å². The van der Waals surface area contributed by atoms with Crippen molar-refractivity contribution in [2.75, 3.05) is 5.32 Å². The lowest BCUT2D eigenvalue weighted by Gasteiger charge is -2.09. The van der Waals surface area contributed by atoms with Gasteiger partial charge >= 0.3 is 0 Å². The summed E-state index contributed by atoms with van der Waals surface area (Å²) >= 11 is 10.8. The second-order valence-electron chi connectivity index (χ2n) is 6.14. The summed E-state index contributed by atoms with van der Waals surface area (Å²) in [6.07, 6.45) is 0.0180. The largest absolute Gasteiger partial charge is 0.326 e. The first-order chi connectivity index (χ1) is 13.4. The lowest BCUT2D eigenvalue weighted by molar-refractivity contribution is -0.115. The molecule has 1 heterocycles. The Kier molecular flexibility index (Phi) is 6.93. The van der Waals surface area contributed by atoms with E-state index in [0.717, 1.165) is 21.3 Å². The number of aromatic amines is 1. The number of nitrogens with zero attached hydrogens (tertiary/aromatic N) is 1. The van der Waals surface area contributed by atoms with Gasteiger partial charge in [0.2, 0.25) is 5.91 Å². The Morgan fingerprint density at radius 3 is 2.82 bits per heavy atom. The van der Waals surface area contributed by atoms with Gasteiger partial charge in [-0.2, -0.15) is 0 Å². The maximum absolute atomic E-state index is 12.4. The number of hydrogen-bond acceptors (Lipinski definition) is 4. The monoisotopic (exact) mass is 477 g/mol. The van der Waals surface area contributed by atoms with Gasteiger partial charge in [0.1, 0.15) is 0 Å². The maximum Gasteiger partial charge on any atom is 0.251 e. The Bertz CT molecular complexity index is 1070. The second kappa shape index (κ2) is 9.41. The Morgan fingerprint density at radius 2 is 2.07 bits per heavy atom. The summed E-state index contributed by atoms with van der Waals surface area (Å²) in [5.41, 5.74) is 2.83. The van der Waals surface area contributed by atoms with E-state index in [1.807, 2.05) is 49.4 Å². The van der Waals surface area contributed by atoms with Crippen LogP contribution in [0.4, 0.5) is 5.69 Å². The molecule has 0 atom stereocenters. The highest BCUT2D eigenvalue weighted by Crippen LogP contribution is 2.22. The van der Waals surface area contributed by atoms with Crippen molar-refractivity contribution in [1.82, 2.24) is 9.97 Å². The van der Waals surface area contributed by atoms with Crippen LogP contribution >= 0.6 is 39.3 Å². The standard InChI is InChI=1S/C20H17BrClN3O2S/c1-12-7-14(21)5-6-17(12)24-18(26)9-16-10-19(27)25-20(23-16)28-11-13-3-2-4-15(22)8-13/h2-8,10H,9,11H2,1H3,(H,24,26)(H,23,25,27). The number of H-pyrrole nitrogens is 1. The van der Waals surface area contributed by atoms with Gasteiger partial charge in [0.15, 0.2) is 5.16 Å². The summed E-state index contributed by atoms with van der Waals surface area (Å²) in [5, 5.41) is 3.98. The van der Waals surface area contributed by atoms with Crippen molar-refractivity contribution in [1.29, 1.82) is 0 Å². The van der Waals surface area contributed by atoms with Crippen LogP contribution in [0.2, 0.25) is 5.02 Å². The van der Waals surface area contributed by atoms with E-state index >= 15 is 0 Å². The molecule has 0 aliphatic carbocycles. The summed E-state index contributed by atoms with van der Waals surface area (Å²) in [7, 11) is 0. The van der Waals surface area contributed by atoms with Gasteiger partial charge in [0, 0.05) is 27.0 Å². The van der Waals surface area contributed by atoms with Gasteiger partial charge < -0.3 is 10.3 Å². The molecule has 1 amide bonds. The Morgan fingerprint density at radius 1 is 1.25 bits per heavy atom. The number of aryl methyl sites for hydroxylation is 1. The van der Waals surface area contributed by atoms with Gasteiger partial charge in [0.25, 0.3) is 5.56 Å². The van der Waals surface area contributed by atoms with Gasteiger partial charge in [-0.25, -0.2) is 4.98 Å². The van der Waals surface area contributed by atoms with Gasteiger partial charge in [-0.15, -0.1) is 0 Å². The van der Waals surface area contributed by atoms with Crippen molar-refractivity contribution < 1.29 is 4.79 Å². The van der Waals surface area contributed by atoms with Crippen LogP contribution in [0, 0.1) is 6.92 Å². The van der Waals surface area contributed by atoms with E-state index in [4.69, 9.17) is 11.6 Å². The molecule has 3 rings (SSSR count). The molecule has 0 bridgehead atoms. The Balaban J connectivity index is 1.67. The molecular formula is C20H17BrClN3O2S. The molecule has 3 aromatic rings. The Labute approximate surface area is 180 Å². The summed E-state index contributed by atoms with van der Waals surface area (Å²) in [4.78, 5) is 31.4. The molecule has 0 aliphatic heterocycles. The fourth-order valence-corrected chi connectivity index (χ4v) is 4.07. The molecular weight excluding hydrogens is 462 g/mol. The van der Waals surface area contributed by atoms with Crippen molar-refractivity contribution in [3.05, 3.63) is 85.2 Å². The van der Waals surface area contributed by atoms with Crippen LogP contribution in [0.25, 0.3) is 0 Å². The fourth-order valence-electron chi connectivity index (χ4n) is 2.55. The molecule has 0 unspecified atom stereocenters. The highest BCUT2D eigenvalue weighted by Gasteiger charge is 2.10. The molecule has 0 aliphatic rings. The molecule has 144 valence electrons. The minimum atomic E-state index is -0.286. The molecule has 0 saturated carbocycles. The van der Waals surface area contributed by atoms with E-state index < -0.39 is 0 Å². The minimum absolute atomic E-state index is 0.0180. The summed E-state index contributed by atoms with van der Waals surface area (Å²) < 4.78 is 0.945. The molecule has 2 aromatic carbocycles. The molecule has 5 nitrogen and oxygen atoms in total. The molecule has 0 radical (unpaired) electrons. The third kappa shape index (κ3) is 5.95. The van der Waals surface area contributed by atoms with Gasteiger partial charge in [-0.3, -0.25) is 9.59 Å².